The van der Waals surface area contributed by atoms with Gasteiger partial charge < -0.3 is 9.32 Å². The molecule has 7 heteroatoms. The maximum atomic E-state index is 6.10. The van der Waals surface area contributed by atoms with Crippen LogP contribution in [0.1, 0.15) is 0 Å². The molecule has 0 spiro atoms. The molecule has 0 fully saturated rings. The average Bonchev–Trinajstić information content (AvgIpc) is 3.64. The number of anilines is 3. The van der Waals surface area contributed by atoms with Crippen LogP contribution in [0.15, 0.2) is 186 Å². The molecule has 0 radical (unpaired) electrons. The van der Waals surface area contributed by atoms with Gasteiger partial charge in [-0.1, -0.05) is 97.1 Å². The van der Waals surface area contributed by atoms with E-state index in [9.17, 15) is 0 Å². The van der Waals surface area contributed by atoms with Crippen LogP contribution in [0.2, 0.25) is 0 Å². The molecule has 0 atom stereocenters. The minimum atomic E-state index is 0.646. The van der Waals surface area contributed by atoms with E-state index in [1.807, 2.05) is 54.6 Å². The fourth-order valence-electron chi connectivity index (χ4n) is 7.56. The lowest BCUT2D eigenvalue weighted by Crippen LogP contribution is -2.10. The van der Waals surface area contributed by atoms with E-state index in [2.05, 4.69) is 153 Å². The molecule has 0 saturated heterocycles. The Morgan fingerprint density at radius 3 is 1.59 bits per heavy atom. The molecular weight excluding hydrogens is 689 g/mol. The topological polar surface area (TPSA) is 80.8 Å². The maximum absolute atomic E-state index is 6.10. The normalized spacial score (nSPS) is 11.6. The second-order valence-corrected chi connectivity index (χ2v) is 13.9. The summed E-state index contributed by atoms with van der Waals surface area (Å²) in [6.07, 6.45) is 0. The Balaban J connectivity index is 0.969. The Morgan fingerprint density at radius 1 is 0.357 bits per heavy atom. The third-order valence-electron chi connectivity index (χ3n) is 10.5. The van der Waals surface area contributed by atoms with Crippen LogP contribution >= 0.6 is 0 Å². The number of pyridine rings is 1. The molecule has 0 saturated carbocycles. The molecule has 0 N–H and O–H groups in total. The van der Waals surface area contributed by atoms with Gasteiger partial charge in [0, 0.05) is 55.3 Å². The summed E-state index contributed by atoms with van der Waals surface area (Å²) in [6.45, 7) is 0. The number of nitrogens with zero attached hydrogens (tertiary/aromatic N) is 6. The minimum absolute atomic E-state index is 0.646. The van der Waals surface area contributed by atoms with E-state index in [-0.39, 0.29) is 0 Å². The first kappa shape index (κ1) is 31.7. The van der Waals surface area contributed by atoms with E-state index in [1.54, 1.807) is 0 Å². The van der Waals surface area contributed by atoms with E-state index in [0.29, 0.717) is 5.71 Å². The highest BCUT2D eigenvalue weighted by Crippen LogP contribution is 2.39. The van der Waals surface area contributed by atoms with Crippen LogP contribution in [0.25, 0.3) is 88.4 Å². The van der Waals surface area contributed by atoms with Gasteiger partial charge in [-0.3, -0.25) is 0 Å². The molecule has 11 aromatic rings. The van der Waals surface area contributed by atoms with Crippen molar-refractivity contribution < 1.29 is 4.42 Å². The van der Waals surface area contributed by atoms with Gasteiger partial charge in [0.25, 0.3) is 0 Å². The molecular formula is C49H30N6O. The maximum Gasteiger partial charge on any atom is 0.227 e. The minimum Gasteiger partial charge on any atom is -0.438 e. The van der Waals surface area contributed by atoms with Crippen LogP contribution in [0.3, 0.4) is 0 Å². The van der Waals surface area contributed by atoms with Gasteiger partial charge in [0.1, 0.15) is 5.58 Å². The van der Waals surface area contributed by atoms with Gasteiger partial charge >= 0.3 is 0 Å². The average molecular weight is 719 g/mol. The van der Waals surface area contributed by atoms with Crippen LogP contribution in [0, 0.1) is 0 Å². The van der Waals surface area contributed by atoms with Gasteiger partial charge in [-0.05, 0) is 95.7 Å². The first-order chi connectivity index (χ1) is 27.7. The fourth-order valence-corrected chi connectivity index (χ4v) is 7.56. The molecule has 4 heterocycles. The molecule has 0 amide bonds. The highest BCUT2D eigenvalue weighted by atomic mass is 16.3. The third-order valence-corrected chi connectivity index (χ3v) is 10.5. The molecule has 0 bridgehead atoms. The molecule has 7 nitrogen and oxygen atoms in total. The summed E-state index contributed by atoms with van der Waals surface area (Å²) in [4.78, 5) is 7.18. The number of rotatable bonds is 6. The molecule has 0 unspecified atom stereocenters. The summed E-state index contributed by atoms with van der Waals surface area (Å²) in [6, 6.07) is 62.6. The SMILES string of the molecule is c1ccc2nnc(-c3ccc(N(c4ccc(-c5cc6ccccc6nn5)cc4)c4ccc5cc(-c6ccc7c(n6)oc6ccccc67)ccc5c4)cc3)cc2c1. The van der Waals surface area contributed by atoms with E-state index in [4.69, 9.17) is 9.40 Å². The van der Waals surface area contributed by atoms with E-state index in [1.165, 1.54) is 0 Å². The smallest absolute Gasteiger partial charge is 0.227 e. The van der Waals surface area contributed by atoms with Crippen molar-refractivity contribution >= 4 is 71.7 Å². The van der Waals surface area contributed by atoms with Crippen LogP contribution in [-0.2, 0) is 0 Å². The zero-order chi connectivity index (χ0) is 37.0. The summed E-state index contributed by atoms with van der Waals surface area (Å²) in [5, 5.41) is 24.4. The van der Waals surface area contributed by atoms with Crippen molar-refractivity contribution in [3.05, 3.63) is 182 Å². The summed E-state index contributed by atoms with van der Waals surface area (Å²) < 4.78 is 6.10. The Morgan fingerprint density at radius 2 is 0.911 bits per heavy atom. The first-order valence-electron chi connectivity index (χ1n) is 18.5. The molecule has 0 aliphatic heterocycles. The number of hydrogen-bond acceptors (Lipinski definition) is 7. The number of fused-ring (bicyclic) bond motifs is 6. The Bertz CT molecular complexity index is 3140. The molecule has 4 aromatic heterocycles. The van der Waals surface area contributed by atoms with Crippen LogP contribution in [0.4, 0.5) is 17.1 Å². The van der Waals surface area contributed by atoms with Gasteiger partial charge in [0.05, 0.1) is 28.1 Å². The monoisotopic (exact) mass is 718 g/mol. The zero-order valence-corrected chi connectivity index (χ0v) is 29.9. The van der Waals surface area contributed by atoms with Crippen molar-refractivity contribution in [2.45, 2.75) is 0 Å². The van der Waals surface area contributed by atoms with Crippen LogP contribution in [0.5, 0.6) is 0 Å². The Kier molecular flexibility index (Phi) is 7.35. The van der Waals surface area contributed by atoms with Crippen LogP contribution in [-0.4, -0.2) is 25.4 Å². The summed E-state index contributed by atoms with van der Waals surface area (Å²) >= 11 is 0. The summed E-state index contributed by atoms with van der Waals surface area (Å²) in [5.41, 5.74) is 11.9. The number of benzene rings is 7. The van der Waals surface area contributed by atoms with Crippen molar-refractivity contribution in [3.8, 4) is 33.8 Å². The second-order valence-electron chi connectivity index (χ2n) is 13.9. The largest absolute Gasteiger partial charge is 0.438 e. The predicted molar refractivity (Wildman–Crippen MR) is 226 cm³/mol. The highest BCUT2D eigenvalue weighted by molar-refractivity contribution is 6.04. The second kappa shape index (κ2) is 13.0. The van der Waals surface area contributed by atoms with Crippen molar-refractivity contribution in [1.82, 2.24) is 25.4 Å². The summed E-state index contributed by atoms with van der Waals surface area (Å²) in [7, 11) is 0. The molecule has 0 aliphatic rings. The highest BCUT2D eigenvalue weighted by Gasteiger charge is 2.16. The predicted octanol–water partition coefficient (Wildman–Crippen LogP) is 12.5. The van der Waals surface area contributed by atoms with Crippen molar-refractivity contribution in [2.24, 2.45) is 0 Å². The molecule has 56 heavy (non-hydrogen) atoms. The third kappa shape index (κ3) is 5.58. The van der Waals surface area contributed by atoms with Gasteiger partial charge in [0.15, 0.2) is 0 Å². The fraction of sp³-hybridized carbons (Fsp3) is 0. The van der Waals surface area contributed by atoms with Gasteiger partial charge in [-0.15, -0.1) is 20.4 Å². The van der Waals surface area contributed by atoms with Crippen molar-refractivity contribution in [2.75, 3.05) is 4.90 Å². The van der Waals surface area contributed by atoms with Crippen molar-refractivity contribution in [3.63, 3.8) is 0 Å². The lowest BCUT2D eigenvalue weighted by atomic mass is 10.0. The zero-order valence-electron chi connectivity index (χ0n) is 29.9. The van der Waals surface area contributed by atoms with Gasteiger partial charge in [-0.2, -0.15) is 0 Å². The van der Waals surface area contributed by atoms with Crippen LogP contribution < -0.4 is 4.90 Å². The van der Waals surface area contributed by atoms with Gasteiger partial charge in [-0.25, -0.2) is 4.98 Å². The van der Waals surface area contributed by atoms with E-state index >= 15 is 0 Å². The lowest BCUT2D eigenvalue weighted by molar-refractivity contribution is 0.654. The Labute approximate surface area is 321 Å². The first-order valence-corrected chi connectivity index (χ1v) is 18.5. The number of para-hydroxylation sites is 1. The lowest BCUT2D eigenvalue weighted by Gasteiger charge is -2.26. The standard InChI is InChI=1S/C49H30N6O/c1-4-10-44-35(7-1)29-46(53-51-44)31-15-20-38(21-16-31)55(39-22-17-32(18-23-39)47-30-36-8-2-5-11-45(36)52-54-47)40-24-19-33-27-37(14-13-34(33)28-40)43-26-25-42-41-9-3-6-12-48(41)56-49(42)50-43/h1-30H. The van der Waals surface area contributed by atoms with E-state index < -0.39 is 0 Å². The molecule has 262 valence electrons. The molecule has 11 rings (SSSR count). The number of hydrogen-bond donors (Lipinski definition) is 0. The number of aromatic nitrogens is 5. The summed E-state index contributed by atoms with van der Waals surface area (Å²) in [5.74, 6) is 0. The quantitative estimate of drug-likeness (QED) is 0.169. The molecule has 0 aliphatic carbocycles. The Hall–Kier alpha value is -7.77. The number of furan rings is 1. The van der Waals surface area contributed by atoms with E-state index in [0.717, 1.165) is 99.8 Å². The molecule has 7 aromatic carbocycles. The van der Waals surface area contributed by atoms with Gasteiger partial charge in [0.2, 0.25) is 5.71 Å². The van der Waals surface area contributed by atoms with Crippen molar-refractivity contribution in [1.29, 1.82) is 0 Å².